The number of benzene rings is 1. The number of piperidine rings is 1. The molecule has 3 aromatic rings. The maximum atomic E-state index is 12.9. The minimum atomic E-state index is -0.575. The first-order valence-corrected chi connectivity index (χ1v) is 14.6. The van der Waals surface area contributed by atoms with Gasteiger partial charge >= 0.3 is 6.09 Å². The number of ether oxygens (including phenoxy) is 3. The van der Waals surface area contributed by atoms with Crippen molar-refractivity contribution in [3.63, 3.8) is 0 Å². The largest absolute Gasteiger partial charge is 0.478 e. The van der Waals surface area contributed by atoms with Crippen LogP contribution in [0.25, 0.3) is 11.2 Å². The molecular weight excluding hydrogens is 524 g/mol. The highest BCUT2D eigenvalue weighted by atomic mass is 16.6. The van der Waals surface area contributed by atoms with E-state index in [9.17, 15) is 9.90 Å². The van der Waals surface area contributed by atoms with Crippen molar-refractivity contribution in [3.05, 3.63) is 41.1 Å². The Bertz CT molecular complexity index is 1420. The first kappa shape index (κ1) is 27.7. The Morgan fingerprint density at radius 1 is 1.20 bits per heavy atom. The molecule has 11 nitrogen and oxygen atoms in total. The molecular formula is C30H40N6O5. The highest BCUT2D eigenvalue weighted by Gasteiger charge is 2.49. The monoisotopic (exact) mass is 564 g/mol. The van der Waals surface area contributed by atoms with E-state index in [1.54, 1.807) is 11.8 Å². The first-order chi connectivity index (χ1) is 19.7. The molecule has 2 saturated heterocycles. The van der Waals surface area contributed by atoms with Gasteiger partial charge in [-0.1, -0.05) is 24.3 Å². The topological polar surface area (TPSA) is 124 Å². The lowest BCUT2D eigenvalue weighted by Gasteiger charge is -2.44. The van der Waals surface area contributed by atoms with Crippen molar-refractivity contribution in [2.24, 2.45) is 5.41 Å². The summed E-state index contributed by atoms with van der Waals surface area (Å²) in [6.07, 6.45) is 4.86. The third kappa shape index (κ3) is 5.21. The van der Waals surface area contributed by atoms with Gasteiger partial charge in [0.1, 0.15) is 11.3 Å². The summed E-state index contributed by atoms with van der Waals surface area (Å²) in [5, 5.41) is 18.2. The number of hydrogen-bond donors (Lipinski definition) is 2. The molecule has 1 unspecified atom stereocenters. The lowest BCUT2D eigenvalue weighted by atomic mass is 9.72. The Balaban J connectivity index is 1.29. The molecule has 0 saturated carbocycles. The van der Waals surface area contributed by atoms with Gasteiger partial charge in [-0.15, -0.1) is 5.10 Å². The van der Waals surface area contributed by atoms with Crippen LogP contribution in [0.5, 0.6) is 5.88 Å². The number of anilines is 1. The molecule has 0 bridgehead atoms. The van der Waals surface area contributed by atoms with Gasteiger partial charge in [0.2, 0.25) is 0 Å². The fraction of sp³-hybridized carbons (Fsp3) is 0.600. The van der Waals surface area contributed by atoms with Crippen LogP contribution in [0.4, 0.5) is 10.6 Å². The molecule has 11 heteroatoms. The van der Waals surface area contributed by atoms with Gasteiger partial charge in [-0.25, -0.2) is 19.4 Å². The number of methoxy groups -OCH3 is 1. The number of aliphatic hydroxyl groups is 1. The first-order valence-electron chi connectivity index (χ1n) is 14.6. The van der Waals surface area contributed by atoms with E-state index in [1.165, 1.54) is 5.56 Å². The summed E-state index contributed by atoms with van der Waals surface area (Å²) in [7, 11) is 1.56. The van der Waals surface area contributed by atoms with E-state index in [0.717, 1.165) is 44.1 Å². The third-order valence-corrected chi connectivity index (χ3v) is 8.56. The summed E-state index contributed by atoms with van der Waals surface area (Å²) in [6, 6.07) is 8.22. The number of aliphatic hydroxyl groups excluding tert-OH is 1. The molecule has 2 N–H and O–H groups in total. The number of hydrogen-bond acceptors (Lipinski definition) is 9. The van der Waals surface area contributed by atoms with Gasteiger partial charge in [-0.05, 0) is 70.4 Å². The lowest BCUT2D eigenvalue weighted by Crippen LogP contribution is -2.48. The molecule has 1 spiro atoms. The number of nitrogens with zero attached hydrogens (tertiary/aromatic N) is 5. The number of alkyl carbamates (subject to hydrolysis) is 1. The van der Waals surface area contributed by atoms with Crippen molar-refractivity contribution in [3.8, 4) is 5.88 Å². The molecule has 1 aliphatic carbocycles. The Labute approximate surface area is 240 Å². The molecule has 41 heavy (non-hydrogen) atoms. The van der Waals surface area contributed by atoms with Gasteiger partial charge in [-0.2, -0.15) is 0 Å². The minimum Gasteiger partial charge on any atom is -0.478 e. The highest BCUT2D eigenvalue weighted by molar-refractivity contribution is 5.79. The predicted octanol–water partition coefficient (Wildman–Crippen LogP) is 4.44. The maximum Gasteiger partial charge on any atom is 0.408 e. The lowest BCUT2D eigenvalue weighted by molar-refractivity contribution is -0.0375. The van der Waals surface area contributed by atoms with Gasteiger partial charge in [0.15, 0.2) is 23.2 Å². The number of rotatable bonds is 5. The smallest absolute Gasteiger partial charge is 0.408 e. The molecule has 2 aromatic heterocycles. The van der Waals surface area contributed by atoms with E-state index >= 15 is 0 Å². The fourth-order valence-corrected chi connectivity index (χ4v) is 6.64. The van der Waals surface area contributed by atoms with E-state index in [2.05, 4.69) is 33.5 Å². The molecule has 6 rings (SSSR count). The number of amides is 1. The van der Waals surface area contributed by atoms with Crippen LogP contribution in [0.2, 0.25) is 0 Å². The maximum absolute atomic E-state index is 12.9. The van der Waals surface area contributed by atoms with Crippen LogP contribution in [0.3, 0.4) is 0 Å². The molecule has 2 fully saturated rings. The van der Waals surface area contributed by atoms with E-state index in [-0.39, 0.29) is 24.3 Å². The third-order valence-electron chi connectivity index (χ3n) is 8.56. The van der Waals surface area contributed by atoms with E-state index in [4.69, 9.17) is 24.2 Å². The van der Waals surface area contributed by atoms with Crippen LogP contribution in [-0.4, -0.2) is 63.4 Å². The standard InChI is InChI=1S/C30H40N6O5/c1-29(2,3)41-28(38)32-24-20-10-6-5-9-19(20)17-30(24)12-14-35(15-13-30)25-21(18-37)31-23-26(33-25)36(34-27(23)39-4)22-11-7-8-16-40-22/h5-6,9-10,22,24,37H,7-8,11-18H2,1-4H3,(H,32,38)/t22?,24-/m1/s1. The minimum absolute atomic E-state index is 0.143. The van der Waals surface area contributed by atoms with E-state index in [1.807, 2.05) is 26.8 Å². The molecule has 1 amide bonds. The van der Waals surface area contributed by atoms with Gasteiger partial charge in [0.25, 0.3) is 5.88 Å². The van der Waals surface area contributed by atoms with Crippen LogP contribution >= 0.6 is 0 Å². The van der Waals surface area contributed by atoms with Gasteiger partial charge < -0.3 is 29.5 Å². The Hall–Kier alpha value is -3.44. The van der Waals surface area contributed by atoms with Gasteiger partial charge in [-0.3, -0.25) is 0 Å². The zero-order valence-electron chi connectivity index (χ0n) is 24.4. The van der Waals surface area contributed by atoms with Crippen molar-refractivity contribution in [1.82, 2.24) is 25.1 Å². The number of nitrogens with one attached hydrogen (secondary N) is 1. The average Bonchev–Trinajstić information content (AvgIpc) is 3.47. The van der Waals surface area contributed by atoms with Crippen LogP contribution in [0.15, 0.2) is 24.3 Å². The zero-order valence-corrected chi connectivity index (χ0v) is 24.4. The molecule has 220 valence electrons. The fourth-order valence-electron chi connectivity index (χ4n) is 6.64. The Kier molecular flexibility index (Phi) is 7.27. The number of aromatic nitrogens is 4. The summed E-state index contributed by atoms with van der Waals surface area (Å²) in [6.45, 7) is 7.48. The number of carbonyl (C=O) groups excluding carboxylic acids is 1. The predicted molar refractivity (Wildman–Crippen MR) is 153 cm³/mol. The Morgan fingerprint density at radius 3 is 2.66 bits per heavy atom. The molecule has 2 aliphatic heterocycles. The van der Waals surface area contributed by atoms with Crippen molar-refractivity contribution in [1.29, 1.82) is 0 Å². The zero-order chi connectivity index (χ0) is 28.8. The molecule has 0 radical (unpaired) electrons. The number of carbonyl (C=O) groups is 1. The van der Waals surface area contributed by atoms with Crippen LogP contribution < -0.4 is 15.0 Å². The quantitative estimate of drug-likeness (QED) is 0.463. The van der Waals surface area contributed by atoms with E-state index < -0.39 is 11.7 Å². The highest BCUT2D eigenvalue weighted by Crippen LogP contribution is 2.52. The normalized spacial score (nSPS) is 22.1. The van der Waals surface area contributed by atoms with Gasteiger partial charge in [0.05, 0.1) is 19.8 Å². The Morgan fingerprint density at radius 2 is 1.98 bits per heavy atom. The molecule has 2 atom stereocenters. The molecule has 1 aromatic carbocycles. The van der Waals surface area contributed by atoms with Crippen LogP contribution in [-0.2, 0) is 22.5 Å². The second kappa shape index (κ2) is 10.8. The van der Waals surface area contributed by atoms with E-state index in [0.29, 0.717) is 48.3 Å². The number of fused-ring (bicyclic) bond motifs is 2. The van der Waals surface area contributed by atoms with Crippen molar-refractivity contribution < 1.29 is 24.1 Å². The average molecular weight is 565 g/mol. The van der Waals surface area contributed by atoms with Crippen molar-refractivity contribution in [2.45, 2.75) is 83.8 Å². The SMILES string of the molecule is COc1nn(C2CCCCO2)c2nc(N3CCC4(CC3)Cc3ccccc3[C@H]4NC(=O)OC(C)(C)C)c(CO)nc12. The van der Waals surface area contributed by atoms with Crippen molar-refractivity contribution >= 4 is 23.1 Å². The van der Waals surface area contributed by atoms with Crippen LogP contribution in [0, 0.1) is 5.41 Å². The summed E-state index contributed by atoms with van der Waals surface area (Å²) in [5.41, 5.74) is 3.32. The summed E-state index contributed by atoms with van der Waals surface area (Å²) < 4.78 is 19.0. The summed E-state index contributed by atoms with van der Waals surface area (Å²) in [4.78, 5) is 24.9. The summed E-state index contributed by atoms with van der Waals surface area (Å²) in [5.74, 6) is 1.03. The second-order valence-corrected chi connectivity index (χ2v) is 12.4. The van der Waals surface area contributed by atoms with Gasteiger partial charge in [0, 0.05) is 25.1 Å². The molecule has 4 heterocycles. The summed E-state index contributed by atoms with van der Waals surface area (Å²) >= 11 is 0. The second-order valence-electron chi connectivity index (χ2n) is 12.4. The van der Waals surface area contributed by atoms with Crippen molar-refractivity contribution in [2.75, 3.05) is 31.7 Å². The molecule has 3 aliphatic rings. The van der Waals surface area contributed by atoms with Crippen LogP contribution in [0.1, 0.15) is 82.0 Å².